The van der Waals surface area contributed by atoms with Gasteiger partial charge in [0.1, 0.15) is 0 Å². The van der Waals surface area contributed by atoms with Crippen LogP contribution in [0.5, 0.6) is 11.5 Å². The zero-order chi connectivity index (χ0) is 15.2. The fourth-order valence-electron chi connectivity index (χ4n) is 2.07. The van der Waals surface area contributed by atoms with Gasteiger partial charge in [-0.1, -0.05) is 12.1 Å². The fraction of sp³-hybridized carbons (Fsp3) is 0.467. The molecule has 0 saturated heterocycles. The number of hydrogen-bond donors (Lipinski definition) is 1. The molecule has 1 aromatic rings. The number of nitrogens with one attached hydrogen (secondary N) is 1. The Kier molecular flexibility index (Phi) is 5.03. The summed E-state index contributed by atoms with van der Waals surface area (Å²) in [7, 11) is 3.16. The van der Waals surface area contributed by atoms with Gasteiger partial charge in [-0.3, -0.25) is 4.79 Å². The van der Waals surface area contributed by atoms with Crippen molar-refractivity contribution in [1.82, 2.24) is 5.32 Å². The van der Waals surface area contributed by atoms with Crippen LogP contribution in [0, 0.1) is 0 Å². The predicted molar refractivity (Wildman–Crippen MR) is 78.9 cm³/mol. The van der Waals surface area contributed by atoms with E-state index in [1.165, 1.54) is 0 Å². The Balaban J connectivity index is 2.05. The molecule has 1 atom stereocenters. The van der Waals surface area contributed by atoms with Crippen molar-refractivity contribution in [3.63, 3.8) is 0 Å². The van der Waals surface area contributed by atoms with Crippen molar-refractivity contribution in [2.24, 2.45) is 5.16 Å². The lowest BCUT2D eigenvalue weighted by Crippen LogP contribution is -2.35. The molecule has 2 rings (SSSR count). The Morgan fingerprint density at radius 1 is 1.38 bits per heavy atom. The first-order valence-corrected chi connectivity index (χ1v) is 6.92. The van der Waals surface area contributed by atoms with Crippen LogP contribution in [-0.4, -0.2) is 38.5 Å². The van der Waals surface area contributed by atoms with Gasteiger partial charge in [0.25, 0.3) is 5.91 Å². The van der Waals surface area contributed by atoms with Gasteiger partial charge in [-0.25, -0.2) is 0 Å². The molecule has 0 bridgehead atoms. The van der Waals surface area contributed by atoms with Gasteiger partial charge in [0.15, 0.2) is 11.5 Å². The Morgan fingerprint density at radius 3 is 2.81 bits per heavy atom. The van der Waals surface area contributed by atoms with Crippen molar-refractivity contribution in [3.8, 4) is 11.5 Å². The summed E-state index contributed by atoms with van der Waals surface area (Å²) >= 11 is 0. The number of carbonyl (C=O) groups is 1. The summed E-state index contributed by atoms with van der Waals surface area (Å²) in [6.45, 7) is 2.64. The molecule has 0 aromatic heterocycles. The molecule has 0 aliphatic carbocycles. The van der Waals surface area contributed by atoms with Crippen LogP contribution in [-0.2, 0) is 9.63 Å². The zero-order valence-corrected chi connectivity index (χ0v) is 12.5. The second kappa shape index (κ2) is 6.97. The van der Waals surface area contributed by atoms with E-state index >= 15 is 0 Å². The zero-order valence-electron chi connectivity index (χ0n) is 12.5. The molecule has 0 fully saturated rings. The summed E-state index contributed by atoms with van der Waals surface area (Å²) in [5.41, 5.74) is 1.59. The van der Waals surface area contributed by atoms with Gasteiger partial charge in [-0.15, -0.1) is 0 Å². The van der Waals surface area contributed by atoms with E-state index in [0.29, 0.717) is 24.5 Å². The third kappa shape index (κ3) is 3.45. The standard InChI is InChI=1S/C15H20N2O4/c1-4-7-16-15(18)14-9-11(17-21-14)10-5-6-12(19-2)13(8-10)20-3/h5-6,8,14H,4,7,9H2,1-3H3,(H,16,18)/t14-/m0/s1. The van der Waals surface area contributed by atoms with Crippen molar-refractivity contribution >= 4 is 11.6 Å². The minimum Gasteiger partial charge on any atom is -0.493 e. The molecule has 0 unspecified atom stereocenters. The molecule has 0 spiro atoms. The maximum atomic E-state index is 11.9. The number of methoxy groups -OCH3 is 2. The van der Waals surface area contributed by atoms with Crippen molar-refractivity contribution in [2.75, 3.05) is 20.8 Å². The van der Waals surface area contributed by atoms with E-state index in [2.05, 4.69) is 10.5 Å². The predicted octanol–water partition coefficient (Wildman–Crippen LogP) is 1.72. The van der Waals surface area contributed by atoms with Crippen LogP contribution in [0.1, 0.15) is 25.3 Å². The number of carbonyl (C=O) groups excluding carboxylic acids is 1. The Labute approximate surface area is 124 Å². The summed E-state index contributed by atoms with van der Waals surface area (Å²) in [5.74, 6) is 1.14. The molecule has 6 nitrogen and oxygen atoms in total. The highest BCUT2D eigenvalue weighted by atomic mass is 16.6. The second-order valence-electron chi connectivity index (χ2n) is 4.70. The van der Waals surface area contributed by atoms with Crippen molar-refractivity contribution in [2.45, 2.75) is 25.9 Å². The largest absolute Gasteiger partial charge is 0.493 e. The van der Waals surface area contributed by atoms with Gasteiger partial charge in [0, 0.05) is 18.5 Å². The van der Waals surface area contributed by atoms with E-state index in [0.717, 1.165) is 17.7 Å². The van der Waals surface area contributed by atoms with Crippen LogP contribution in [0.2, 0.25) is 0 Å². The summed E-state index contributed by atoms with van der Waals surface area (Å²) < 4.78 is 10.5. The van der Waals surface area contributed by atoms with E-state index in [-0.39, 0.29) is 5.91 Å². The number of benzene rings is 1. The highest BCUT2D eigenvalue weighted by Crippen LogP contribution is 2.29. The summed E-state index contributed by atoms with van der Waals surface area (Å²) in [6, 6.07) is 5.50. The number of ether oxygens (including phenoxy) is 2. The molecule has 114 valence electrons. The molecule has 1 heterocycles. The van der Waals surface area contributed by atoms with Crippen LogP contribution in [0.3, 0.4) is 0 Å². The van der Waals surface area contributed by atoms with E-state index in [4.69, 9.17) is 14.3 Å². The molecule has 1 aromatic carbocycles. The quantitative estimate of drug-likeness (QED) is 0.867. The third-order valence-corrected chi connectivity index (χ3v) is 3.23. The summed E-state index contributed by atoms with van der Waals surface area (Å²) in [6.07, 6.45) is 0.784. The summed E-state index contributed by atoms with van der Waals surface area (Å²) in [5, 5.41) is 6.81. The highest BCUT2D eigenvalue weighted by Gasteiger charge is 2.28. The summed E-state index contributed by atoms with van der Waals surface area (Å²) in [4.78, 5) is 17.1. The minimum absolute atomic E-state index is 0.129. The van der Waals surface area contributed by atoms with Gasteiger partial charge >= 0.3 is 0 Å². The van der Waals surface area contributed by atoms with Crippen LogP contribution < -0.4 is 14.8 Å². The molecule has 1 aliphatic heterocycles. The van der Waals surface area contributed by atoms with E-state index in [1.807, 2.05) is 19.1 Å². The first kappa shape index (κ1) is 15.2. The lowest BCUT2D eigenvalue weighted by atomic mass is 10.0. The van der Waals surface area contributed by atoms with Crippen LogP contribution in [0.15, 0.2) is 23.4 Å². The maximum absolute atomic E-state index is 11.9. The molecule has 1 aliphatic rings. The van der Waals surface area contributed by atoms with E-state index in [9.17, 15) is 4.79 Å². The highest BCUT2D eigenvalue weighted by molar-refractivity contribution is 6.04. The molecule has 0 radical (unpaired) electrons. The number of amides is 1. The molecular formula is C15H20N2O4. The molecule has 21 heavy (non-hydrogen) atoms. The Bertz CT molecular complexity index is 542. The minimum atomic E-state index is -0.556. The van der Waals surface area contributed by atoms with E-state index in [1.54, 1.807) is 20.3 Å². The van der Waals surface area contributed by atoms with Gasteiger partial charge in [-0.2, -0.15) is 0 Å². The van der Waals surface area contributed by atoms with Crippen LogP contribution in [0.25, 0.3) is 0 Å². The Hall–Kier alpha value is -2.24. The van der Waals surface area contributed by atoms with Crippen molar-refractivity contribution in [1.29, 1.82) is 0 Å². The molecule has 6 heteroatoms. The van der Waals surface area contributed by atoms with Crippen LogP contribution >= 0.6 is 0 Å². The number of rotatable bonds is 6. The average Bonchev–Trinajstić information content (AvgIpc) is 3.01. The number of oxime groups is 1. The van der Waals surface area contributed by atoms with Gasteiger partial charge < -0.3 is 19.6 Å². The second-order valence-corrected chi connectivity index (χ2v) is 4.70. The lowest BCUT2D eigenvalue weighted by molar-refractivity contribution is -0.131. The SMILES string of the molecule is CCCNC(=O)[C@@H]1CC(c2ccc(OC)c(OC)c2)=NO1. The molecular weight excluding hydrogens is 272 g/mol. The lowest BCUT2D eigenvalue weighted by Gasteiger charge is -2.09. The smallest absolute Gasteiger partial charge is 0.264 e. The molecule has 1 amide bonds. The van der Waals surface area contributed by atoms with Crippen LogP contribution in [0.4, 0.5) is 0 Å². The maximum Gasteiger partial charge on any atom is 0.264 e. The Morgan fingerprint density at radius 2 is 2.14 bits per heavy atom. The first-order chi connectivity index (χ1) is 10.2. The van der Waals surface area contributed by atoms with Gasteiger partial charge in [-0.05, 0) is 24.6 Å². The van der Waals surface area contributed by atoms with Crippen molar-refractivity contribution < 1.29 is 19.1 Å². The van der Waals surface area contributed by atoms with Gasteiger partial charge in [0.05, 0.1) is 19.9 Å². The monoisotopic (exact) mass is 292 g/mol. The van der Waals surface area contributed by atoms with E-state index < -0.39 is 6.10 Å². The average molecular weight is 292 g/mol. The molecule has 1 N–H and O–H groups in total. The number of nitrogens with zero attached hydrogens (tertiary/aromatic N) is 1. The normalized spacial score (nSPS) is 16.9. The van der Waals surface area contributed by atoms with Gasteiger partial charge in [0.2, 0.25) is 6.10 Å². The fourth-order valence-corrected chi connectivity index (χ4v) is 2.07. The third-order valence-electron chi connectivity index (χ3n) is 3.23. The number of hydrogen-bond acceptors (Lipinski definition) is 5. The first-order valence-electron chi connectivity index (χ1n) is 6.92. The molecule has 0 saturated carbocycles. The van der Waals surface area contributed by atoms with Crippen molar-refractivity contribution in [3.05, 3.63) is 23.8 Å². The topological polar surface area (TPSA) is 69.2 Å².